The van der Waals surface area contributed by atoms with Crippen molar-refractivity contribution in [1.29, 1.82) is 0 Å². The molecule has 3 N–H and O–H groups in total. The van der Waals surface area contributed by atoms with E-state index in [-0.39, 0.29) is 18.7 Å². The quantitative estimate of drug-likeness (QED) is 0.758. The number of hydrogen-bond acceptors (Lipinski definition) is 6. The molecule has 12 heteroatoms. The number of nitrogens with zero attached hydrogens (tertiary/aromatic N) is 1. The van der Waals surface area contributed by atoms with Crippen molar-refractivity contribution in [2.24, 2.45) is 10.9 Å². The van der Waals surface area contributed by atoms with Crippen molar-refractivity contribution in [2.45, 2.75) is 23.8 Å². The smallest absolute Gasteiger partial charge is 0.404 e. The summed E-state index contributed by atoms with van der Waals surface area (Å²) >= 11 is 0. The van der Waals surface area contributed by atoms with Gasteiger partial charge in [-0.15, -0.1) is 13.2 Å². The first-order valence-electron chi connectivity index (χ1n) is 6.45. The second kappa shape index (κ2) is 6.65. The number of ether oxygens (including phenoxy) is 1. The van der Waals surface area contributed by atoms with Gasteiger partial charge in [0.05, 0.1) is 6.54 Å². The Kier molecular flexibility index (Phi) is 4.99. The number of rotatable bonds is 6. The van der Waals surface area contributed by atoms with Gasteiger partial charge in [-0.25, -0.2) is 13.1 Å². The van der Waals surface area contributed by atoms with Crippen molar-refractivity contribution in [2.75, 3.05) is 6.54 Å². The van der Waals surface area contributed by atoms with Gasteiger partial charge in [-0.2, -0.15) is 0 Å². The first kappa shape index (κ1) is 18.0. The van der Waals surface area contributed by atoms with Gasteiger partial charge in [-0.05, 0) is 12.1 Å². The molecule has 8 nitrogen and oxygen atoms in total. The zero-order valence-corrected chi connectivity index (χ0v) is 12.7. The maximum absolute atomic E-state index is 12.3. The van der Waals surface area contributed by atoms with Crippen molar-refractivity contribution in [1.82, 2.24) is 4.72 Å². The fourth-order valence-corrected chi connectivity index (χ4v) is 3.04. The number of carbonyl (C=O) groups excluding carboxylic acids is 1. The summed E-state index contributed by atoms with van der Waals surface area (Å²) in [6, 6.07) is 4.29. The Balaban J connectivity index is 2.08. The molecule has 24 heavy (non-hydrogen) atoms. The first-order chi connectivity index (χ1) is 11.1. The van der Waals surface area contributed by atoms with Crippen LogP contribution in [0.3, 0.4) is 0 Å². The van der Waals surface area contributed by atoms with Crippen molar-refractivity contribution in [3.63, 3.8) is 0 Å². The number of sulfonamides is 1. The third-order valence-corrected chi connectivity index (χ3v) is 4.35. The molecule has 2 rings (SSSR count). The molecule has 1 amide bonds. The Bertz CT molecular complexity index is 763. The molecule has 1 atom stereocenters. The minimum atomic E-state index is -5.04. The molecule has 0 aromatic heterocycles. The van der Waals surface area contributed by atoms with E-state index >= 15 is 0 Å². The van der Waals surface area contributed by atoms with Gasteiger partial charge in [-0.1, -0.05) is 17.3 Å². The van der Waals surface area contributed by atoms with E-state index in [1.807, 2.05) is 0 Å². The Morgan fingerprint density at radius 2 is 2.08 bits per heavy atom. The molecular formula is C12H12F3N3O5S. The third kappa shape index (κ3) is 4.58. The summed E-state index contributed by atoms with van der Waals surface area (Å²) in [5, 5.41) is 3.39. The molecule has 0 saturated heterocycles. The number of carbonyl (C=O) groups is 1. The number of amides is 1. The maximum atomic E-state index is 12.3. The number of nitrogens with one attached hydrogen (secondary N) is 1. The molecular weight excluding hydrogens is 355 g/mol. The highest BCUT2D eigenvalue weighted by Gasteiger charge is 2.34. The van der Waals surface area contributed by atoms with E-state index in [1.54, 1.807) is 0 Å². The lowest BCUT2D eigenvalue weighted by molar-refractivity contribution is -0.275. The van der Waals surface area contributed by atoms with Crippen molar-refractivity contribution >= 4 is 21.6 Å². The normalized spacial score (nSPS) is 18.0. The Morgan fingerprint density at radius 1 is 1.42 bits per heavy atom. The predicted octanol–water partition coefficient (Wildman–Crippen LogP) is 0.494. The van der Waals surface area contributed by atoms with E-state index in [4.69, 9.17) is 10.6 Å². The van der Waals surface area contributed by atoms with Gasteiger partial charge in [0.1, 0.15) is 22.5 Å². The van der Waals surface area contributed by atoms with Crippen molar-refractivity contribution in [3.05, 3.63) is 24.3 Å². The molecule has 0 bridgehead atoms. The molecule has 132 valence electrons. The summed E-state index contributed by atoms with van der Waals surface area (Å²) in [4.78, 5) is 15.0. The molecule has 0 radical (unpaired) electrons. The minimum Gasteiger partial charge on any atom is -0.404 e. The van der Waals surface area contributed by atoms with Crippen LogP contribution in [-0.2, 0) is 19.7 Å². The molecule has 1 aliphatic heterocycles. The molecule has 1 aliphatic rings. The fourth-order valence-electron chi connectivity index (χ4n) is 1.84. The van der Waals surface area contributed by atoms with Crippen LogP contribution in [0.2, 0.25) is 0 Å². The molecule has 0 unspecified atom stereocenters. The second-order valence-electron chi connectivity index (χ2n) is 4.68. The number of nitrogens with two attached hydrogens (primary N) is 1. The van der Waals surface area contributed by atoms with Gasteiger partial charge in [0.15, 0.2) is 0 Å². The van der Waals surface area contributed by atoms with Gasteiger partial charge in [0.25, 0.3) is 5.91 Å². The molecule has 0 saturated carbocycles. The van der Waals surface area contributed by atoms with Crippen molar-refractivity contribution < 1.29 is 36.0 Å². The highest BCUT2D eigenvalue weighted by Crippen LogP contribution is 2.29. The van der Waals surface area contributed by atoms with Crippen LogP contribution < -0.4 is 15.2 Å². The lowest BCUT2D eigenvalue weighted by Crippen LogP contribution is -2.34. The molecule has 1 aromatic rings. The van der Waals surface area contributed by atoms with E-state index < -0.39 is 39.0 Å². The zero-order valence-electron chi connectivity index (χ0n) is 11.9. The summed E-state index contributed by atoms with van der Waals surface area (Å²) in [6.45, 7) is -0.317. The average molecular weight is 367 g/mol. The summed E-state index contributed by atoms with van der Waals surface area (Å²) in [5.41, 5.74) is 4.94. The van der Waals surface area contributed by atoms with E-state index in [0.717, 1.165) is 12.1 Å². The molecule has 0 aliphatic carbocycles. The SMILES string of the molecule is NC(=O)C1=NO[C@@H](CNS(=O)(=O)c2ccccc2OC(F)(F)F)C1. The van der Waals surface area contributed by atoms with Crippen LogP contribution in [-0.4, -0.2) is 39.0 Å². The first-order valence-corrected chi connectivity index (χ1v) is 7.94. The molecule has 1 aromatic carbocycles. The van der Waals surface area contributed by atoms with Crippen LogP contribution in [0, 0.1) is 0 Å². The van der Waals surface area contributed by atoms with Gasteiger partial charge in [0, 0.05) is 6.42 Å². The molecule has 1 heterocycles. The summed E-state index contributed by atoms with van der Waals surface area (Å²) < 4.78 is 67.1. The number of hydrogen-bond donors (Lipinski definition) is 2. The highest BCUT2D eigenvalue weighted by atomic mass is 32.2. The number of para-hydroxylation sites is 1. The monoisotopic (exact) mass is 367 g/mol. The lowest BCUT2D eigenvalue weighted by atomic mass is 10.2. The maximum Gasteiger partial charge on any atom is 0.573 e. The Morgan fingerprint density at radius 3 is 2.67 bits per heavy atom. The van der Waals surface area contributed by atoms with E-state index in [2.05, 4.69) is 14.6 Å². The van der Waals surface area contributed by atoms with Crippen LogP contribution in [0.1, 0.15) is 6.42 Å². The van der Waals surface area contributed by atoms with E-state index in [9.17, 15) is 26.4 Å². The van der Waals surface area contributed by atoms with Crippen molar-refractivity contribution in [3.8, 4) is 5.75 Å². The fraction of sp³-hybridized carbons (Fsp3) is 0.333. The van der Waals surface area contributed by atoms with Crippen LogP contribution in [0.25, 0.3) is 0 Å². The number of primary amides is 1. The van der Waals surface area contributed by atoms with Gasteiger partial charge in [-0.3, -0.25) is 4.79 Å². The van der Waals surface area contributed by atoms with Gasteiger partial charge < -0.3 is 15.3 Å². The van der Waals surface area contributed by atoms with E-state index in [0.29, 0.717) is 0 Å². The van der Waals surface area contributed by atoms with Crippen LogP contribution in [0.4, 0.5) is 13.2 Å². The molecule has 0 spiro atoms. The average Bonchev–Trinajstić information content (AvgIpc) is 2.93. The zero-order chi connectivity index (χ0) is 18.0. The largest absolute Gasteiger partial charge is 0.573 e. The predicted molar refractivity (Wildman–Crippen MR) is 74.4 cm³/mol. The number of benzene rings is 1. The van der Waals surface area contributed by atoms with Gasteiger partial charge >= 0.3 is 6.36 Å². The van der Waals surface area contributed by atoms with Crippen LogP contribution in [0.5, 0.6) is 5.75 Å². The number of halogens is 3. The Hall–Kier alpha value is -2.34. The van der Waals surface area contributed by atoms with Crippen LogP contribution in [0.15, 0.2) is 34.3 Å². The number of alkyl halides is 3. The second-order valence-corrected chi connectivity index (χ2v) is 6.42. The summed E-state index contributed by atoms with van der Waals surface area (Å²) in [5.74, 6) is -1.66. The lowest BCUT2D eigenvalue weighted by Gasteiger charge is -2.15. The third-order valence-electron chi connectivity index (χ3n) is 2.88. The van der Waals surface area contributed by atoms with E-state index in [1.165, 1.54) is 12.1 Å². The number of oxime groups is 1. The summed E-state index contributed by atoms with van der Waals surface area (Å²) in [7, 11) is -4.31. The standard InChI is InChI=1S/C12H12F3N3O5S/c13-12(14,15)22-9-3-1-2-4-10(9)24(20,21)17-6-7-5-8(11(16)19)18-23-7/h1-4,7,17H,5-6H2,(H2,16,19)/t7-/m1/s1. The van der Waals surface area contributed by atoms with Gasteiger partial charge in [0.2, 0.25) is 10.0 Å². The minimum absolute atomic E-state index is 0.0153. The highest BCUT2D eigenvalue weighted by molar-refractivity contribution is 7.89. The Labute approximate surface area is 134 Å². The molecule has 0 fully saturated rings. The van der Waals surface area contributed by atoms with Crippen LogP contribution >= 0.6 is 0 Å². The topological polar surface area (TPSA) is 120 Å². The summed E-state index contributed by atoms with van der Waals surface area (Å²) in [6.07, 6.45) is -5.85.